The van der Waals surface area contributed by atoms with Gasteiger partial charge in [0.2, 0.25) is 0 Å². The normalized spacial score (nSPS) is 21.5. The number of rotatable bonds is 4. The van der Waals surface area contributed by atoms with Gasteiger partial charge in [0.1, 0.15) is 11.9 Å². The maximum Gasteiger partial charge on any atom is 0.121 e. The van der Waals surface area contributed by atoms with Crippen molar-refractivity contribution in [1.82, 2.24) is 5.32 Å². The molecule has 2 rings (SSSR count). The van der Waals surface area contributed by atoms with Crippen LogP contribution in [0, 0.1) is 5.92 Å². The highest BCUT2D eigenvalue weighted by molar-refractivity contribution is 6.42. The van der Waals surface area contributed by atoms with Crippen LogP contribution in [-0.4, -0.2) is 19.2 Å². The van der Waals surface area contributed by atoms with E-state index in [-0.39, 0.29) is 6.10 Å². The summed E-state index contributed by atoms with van der Waals surface area (Å²) in [6.45, 7) is 4.28. The van der Waals surface area contributed by atoms with Gasteiger partial charge in [-0.2, -0.15) is 0 Å². The lowest BCUT2D eigenvalue weighted by Crippen LogP contribution is -2.28. The Morgan fingerprint density at radius 3 is 2.82 bits per heavy atom. The summed E-state index contributed by atoms with van der Waals surface area (Å²) >= 11 is 11.9. The van der Waals surface area contributed by atoms with Crippen molar-refractivity contribution in [3.63, 3.8) is 0 Å². The number of hydrogen-bond acceptors (Lipinski definition) is 2. The minimum Gasteiger partial charge on any atom is -0.490 e. The van der Waals surface area contributed by atoms with Crippen molar-refractivity contribution in [3.05, 3.63) is 28.2 Å². The lowest BCUT2D eigenvalue weighted by atomic mass is 9.99. The van der Waals surface area contributed by atoms with Crippen molar-refractivity contribution < 1.29 is 4.74 Å². The predicted octanol–water partition coefficient (Wildman–Crippen LogP) is 3.76. The van der Waals surface area contributed by atoms with Gasteiger partial charge in [0.05, 0.1) is 10.0 Å². The van der Waals surface area contributed by atoms with E-state index in [9.17, 15) is 0 Å². The standard InChI is InChI=1S/C13H17Cl2NO/c1-2-13(9-5-6-16-8-9)17-10-3-4-11(14)12(15)7-10/h3-4,7,9,13,16H,2,5-6,8H2,1H3/t9?,13-/m0/s1. The Labute approximate surface area is 112 Å². The van der Waals surface area contributed by atoms with Gasteiger partial charge >= 0.3 is 0 Å². The van der Waals surface area contributed by atoms with E-state index in [1.807, 2.05) is 6.07 Å². The Balaban J connectivity index is 2.04. The van der Waals surface area contributed by atoms with Crippen LogP contribution in [0.2, 0.25) is 10.0 Å². The molecule has 1 N–H and O–H groups in total. The molecule has 1 heterocycles. The zero-order valence-electron chi connectivity index (χ0n) is 9.88. The molecule has 1 aromatic carbocycles. The van der Waals surface area contributed by atoms with Crippen LogP contribution in [0.1, 0.15) is 19.8 Å². The van der Waals surface area contributed by atoms with Crippen molar-refractivity contribution >= 4 is 23.2 Å². The molecule has 17 heavy (non-hydrogen) atoms. The van der Waals surface area contributed by atoms with Gasteiger partial charge in [0.15, 0.2) is 0 Å². The summed E-state index contributed by atoms with van der Waals surface area (Å²) < 4.78 is 6.00. The van der Waals surface area contributed by atoms with Gasteiger partial charge < -0.3 is 10.1 Å². The van der Waals surface area contributed by atoms with Crippen molar-refractivity contribution in [2.75, 3.05) is 13.1 Å². The lowest BCUT2D eigenvalue weighted by Gasteiger charge is -2.23. The molecule has 0 aliphatic carbocycles. The quantitative estimate of drug-likeness (QED) is 0.902. The number of hydrogen-bond donors (Lipinski definition) is 1. The maximum atomic E-state index is 6.00. The third-order valence-corrected chi connectivity index (χ3v) is 3.94. The molecule has 1 aromatic rings. The first-order valence-corrected chi connectivity index (χ1v) is 6.78. The van der Waals surface area contributed by atoms with Gasteiger partial charge in [-0.1, -0.05) is 30.1 Å². The van der Waals surface area contributed by atoms with Crippen LogP contribution in [0.5, 0.6) is 5.75 Å². The molecule has 94 valence electrons. The van der Waals surface area contributed by atoms with Crippen LogP contribution in [0.25, 0.3) is 0 Å². The average Bonchev–Trinajstić information content (AvgIpc) is 2.84. The van der Waals surface area contributed by atoms with Crippen LogP contribution in [0.4, 0.5) is 0 Å². The first-order chi connectivity index (χ1) is 8.20. The molecular formula is C13H17Cl2NO. The highest BCUT2D eigenvalue weighted by atomic mass is 35.5. The summed E-state index contributed by atoms with van der Waals surface area (Å²) in [7, 11) is 0. The van der Waals surface area contributed by atoms with Gasteiger partial charge in [-0.25, -0.2) is 0 Å². The van der Waals surface area contributed by atoms with Crippen LogP contribution in [0.15, 0.2) is 18.2 Å². The minimum absolute atomic E-state index is 0.252. The first kappa shape index (κ1) is 13.0. The molecule has 1 unspecified atom stereocenters. The molecule has 2 atom stereocenters. The summed E-state index contributed by atoms with van der Waals surface area (Å²) in [4.78, 5) is 0. The molecule has 4 heteroatoms. The zero-order chi connectivity index (χ0) is 12.3. The molecule has 0 amide bonds. The molecule has 0 aromatic heterocycles. The SMILES string of the molecule is CC[C@H](Oc1ccc(Cl)c(Cl)c1)C1CCNC1. The fourth-order valence-corrected chi connectivity index (χ4v) is 2.52. The Kier molecular flexibility index (Phi) is 4.55. The summed E-state index contributed by atoms with van der Waals surface area (Å²) in [6.07, 6.45) is 2.44. The lowest BCUT2D eigenvalue weighted by molar-refractivity contribution is 0.138. The van der Waals surface area contributed by atoms with Crippen molar-refractivity contribution in [2.45, 2.75) is 25.9 Å². The van der Waals surface area contributed by atoms with Crippen molar-refractivity contribution in [1.29, 1.82) is 0 Å². The number of nitrogens with one attached hydrogen (secondary N) is 1. The second kappa shape index (κ2) is 5.94. The van der Waals surface area contributed by atoms with Crippen LogP contribution < -0.4 is 10.1 Å². The van der Waals surface area contributed by atoms with Crippen LogP contribution in [-0.2, 0) is 0 Å². The van der Waals surface area contributed by atoms with Crippen molar-refractivity contribution in [2.24, 2.45) is 5.92 Å². The monoisotopic (exact) mass is 273 g/mol. The van der Waals surface area contributed by atoms with E-state index in [2.05, 4.69) is 12.2 Å². The van der Waals surface area contributed by atoms with E-state index in [0.29, 0.717) is 16.0 Å². The van der Waals surface area contributed by atoms with E-state index in [1.165, 1.54) is 6.42 Å². The molecule has 0 spiro atoms. The van der Waals surface area contributed by atoms with Gasteiger partial charge in [-0.15, -0.1) is 0 Å². The van der Waals surface area contributed by atoms with E-state index >= 15 is 0 Å². The molecule has 0 saturated carbocycles. The molecule has 2 nitrogen and oxygen atoms in total. The Bertz CT molecular complexity index is 378. The van der Waals surface area contributed by atoms with Gasteiger partial charge in [0, 0.05) is 18.5 Å². The summed E-state index contributed by atoms with van der Waals surface area (Å²) in [5, 5.41) is 4.48. The largest absolute Gasteiger partial charge is 0.490 e. The molecule has 1 aliphatic rings. The Hall–Kier alpha value is -0.440. The first-order valence-electron chi connectivity index (χ1n) is 6.03. The summed E-state index contributed by atoms with van der Waals surface area (Å²) in [6, 6.07) is 5.44. The second-order valence-corrected chi connectivity index (χ2v) is 5.21. The molecular weight excluding hydrogens is 257 g/mol. The summed E-state index contributed by atoms with van der Waals surface area (Å²) in [5.41, 5.74) is 0. The highest BCUT2D eigenvalue weighted by Gasteiger charge is 2.25. The number of halogens is 2. The van der Waals surface area contributed by atoms with Crippen LogP contribution >= 0.6 is 23.2 Å². The van der Waals surface area contributed by atoms with Crippen molar-refractivity contribution in [3.8, 4) is 5.75 Å². The van der Waals surface area contributed by atoms with Gasteiger partial charge in [0.25, 0.3) is 0 Å². The van der Waals surface area contributed by atoms with Gasteiger partial charge in [-0.05, 0) is 31.5 Å². The molecule has 1 aliphatic heterocycles. The van der Waals surface area contributed by atoms with Gasteiger partial charge in [-0.3, -0.25) is 0 Å². The zero-order valence-corrected chi connectivity index (χ0v) is 11.4. The molecule has 1 fully saturated rings. The van der Waals surface area contributed by atoms with E-state index < -0.39 is 0 Å². The Morgan fingerprint density at radius 2 is 2.24 bits per heavy atom. The van der Waals surface area contributed by atoms with Crippen LogP contribution in [0.3, 0.4) is 0 Å². The average molecular weight is 274 g/mol. The van der Waals surface area contributed by atoms with E-state index in [0.717, 1.165) is 25.3 Å². The third kappa shape index (κ3) is 3.27. The molecule has 1 saturated heterocycles. The topological polar surface area (TPSA) is 21.3 Å². The fourth-order valence-electron chi connectivity index (χ4n) is 2.23. The fraction of sp³-hybridized carbons (Fsp3) is 0.538. The number of benzene rings is 1. The molecule has 0 bridgehead atoms. The second-order valence-electron chi connectivity index (χ2n) is 4.39. The van der Waals surface area contributed by atoms with E-state index in [4.69, 9.17) is 27.9 Å². The van der Waals surface area contributed by atoms with E-state index in [1.54, 1.807) is 12.1 Å². The highest BCUT2D eigenvalue weighted by Crippen LogP contribution is 2.29. The third-order valence-electron chi connectivity index (χ3n) is 3.21. The molecule has 0 radical (unpaired) electrons. The minimum atomic E-state index is 0.252. The predicted molar refractivity (Wildman–Crippen MR) is 72.1 cm³/mol. The maximum absolute atomic E-state index is 6.00. The summed E-state index contributed by atoms with van der Waals surface area (Å²) in [5.74, 6) is 1.40. The smallest absolute Gasteiger partial charge is 0.121 e. The number of ether oxygens (including phenoxy) is 1. The Morgan fingerprint density at radius 1 is 1.41 bits per heavy atom.